The summed E-state index contributed by atoms with van der Waals surface area (Å²) in [5.41, 5.74) is 1.20. The second-order valence-corrected chi connectivity index (χ2v) is 3.97. The lowest BCUT2D eigenvalue weighted by atomic mass is 10.0. The highest BCUT2D eigenvalue weighted by Crippen LogP contribution is 2.19. The van der Waals surface area contributed by atoms with Crippen LogP contribution in [-0.4, -0.2) is 23.1 Å². The number of rotatable bonds is 2. The minimum Gasteiger partial charge on any atom is -0.508 e. The fourth-order valence-electron chi connectivity index (χ4n) is 1.87. The first-order valence-corrected chi connectivity index (χ1v) is 4.74. The van der Waals surface area contributed by atoms with Gasteiger partial charge >= 0.3 is 0 Å². The maximum Gasteiger partial charge on any atom is 0.115 e. The van der Waals surface area contributed by atoms with Crippen molar-refractivity contribution in [2.75, 3.05) is 13.1 Å². The number of likely N-dealkylation sites (tertiary alicyclic amines) is 1. The van der Waals surface area contributed by atoms with Crippen LogP contribution in [0.15, 0.2) is 24.3 Å². The predicted octanol–water partition coefficient (Wildman–Crippen LogP) is 1.84. The molecule has 1 fully saturated rings. The molecule has 0 bridgehead atoms. The van der Waals surface area contributed by atoms with Gasteiger partial charge in [0.2, 0.25) is 0 Å². The summed E-state index contributed by atoms with van der Waals surface area (Å²) in [6.07, 6.45) is 0. The second kappa shape index (κ2) is 3.38. The quantitative estimate of drug-likeness (QED) is 0.745. The third kappa shape index (κ3) is 2.01. The van der Waals surface area contributed by atoms with Crippen LogP contribution in [0.1, 0.15) is 12.5 Å². The Hall–Kier alpha value is -1.02. The smallest absolute Gasteiger partial charge is 0.115 e. The standard InChI is InChI=1S/C11H15NO/c1-9-6-12(7-9)8-10-3-2-4-11(13)5-10/h2-5,9,13H,6-8H2,1H3. The molecule has 2 heteroatoms. The Morgan fingerprint density at radius 3 is 2.85 bits per heavy atom. The van der Waals surface area contributed by atoms with E-state index < -0.39 is 0 Å². The normalized spacial score (nSPS) is 18.5. The van der Waals surface area contributed by atoms with Crippen LogP contribution in [0.2, 0.25) is 0 Å². The van der Waals surface area contributed by atoms with Gasteiger partial charge in [-0.15, -0.1) is 0 Å². The van der Waals surface area contributed by atoms with E-state index in [-0.39, 0.29) is 0 Å². The number of hydrogen-bond donors (Lipinski definition) is 1. The molecule has 1 saturated heterocycles. The van der Waals surface area contributed by atoms with Crippen molar-refractivity contribution in [1.82, 2.24) is 4.90 Å². The van der Waals surface area contributed by atoms with E-state index in [1.165, 1.54) is 18.7 Å². The number of phenolic OH excluding ortho intramolecular Hbond substituents is 1. The molecule has 1 aromatic carbocycles. The predicted molar refractivity (Wildman–Crippen MR) is 52.5 cm³/mol. The van der Waals surface area contributed by atoms with Crippen molar-refractivity contribution in [2.24, 2.45) is 5.92 Å². The highest BCUT2D eigenvalue weighted by Gasteiger charge is 2.21. The van der Waals surface area contributed by atoms with E-state index >= 15 is 0 Å². The SMILES string of the molecule is CC1CN(Cc2cccc(O)c2)C1. The average molecular weight is 177 g/mol. The Morgan fingerprint density at radius 1 is 1.46 bits per heavy atom. The third-order valence-electron chi connectivity index (χ3n) is 2.46. The van der Waals surface area contributed by atoms with Gasteiger partial charge in [-0.05, 0) is 23.6 Å². The number of benzene rings is 1. The molecule has 0 aromatic heterocycles. The summed E-state index contributed by atoms with van der Waals surface area (Å²) in [4.78, 5) is 2.39. The van der Waals surface area contributed by atoms with E-state index in [2.05, 4.69) is 17.9 Å². The van der Waals surface area contributed by atoms with Crippen LogP contribution in [-0.2, 0) is 6.54 Å². The van der Waals surface area contributed by atoms with Crippen molar-refractivity contribution in [3.63, 3.8) is 0 Å². The molecule has 2 rings (SSSR count). The molecule has 1 aliphatic rings. The van der Waals surface area contributed by atoms with E-state index in [0.29, 0.717) is 5.75 Å². The van der Waals surface area contributed by atoms with Gasteiger partial charge in [-0.25, -0.2) is 0 Å². The summed E-state index contributed by atoms with van der Waals surface area (Å²) in [5, 5.41) is 9.25. The highest BCUT2D eigenvalue weighted by molar-refractivity contribution is 5.27. The van der Waals surface area contributed by atoms with Crippen LogP contribution in [0.3, 0.4) is 0 Å². The van der Waals surface area contributed by atoms with Crippen molar-refractivity contribution in [3.05, 3.63) is 29.8 Å². The topological polar surface area (TPSA) is 23.5 Å². The molecule has 0 amide bonds. The van der Waals surface area contributed by atoms with E-state index in [1.807, 2.05) is 12.1 Å². The van der Waals surface area contributed by atoms with E-state index in [0.717, 1.165) is 12.5 Å². The summed E-state index contributed by atoms with van der Waals surface area (Å²) < 4.78 is 0. The molecule has 0 unspecified atom stereocenters. The monoisotopic (exact) mass is 177 g/mol. The largest absolute Gasteiger partial charge is 0.508 e. The zero-order chi connectivity index (χ0) is 9.26. The Bertz CT molecular complexity index is 292. The first-order valence-electron chi connectivity index (χ1n) is 4.74. The summed E-state index contributed by atoms with van der Waals surface area (Å²) in [6.45, 7) is 5.61. The lowest BCUT2D eigenvalue weighted by Gasteiger charge is -2.37. The van der Waals surface area contributed by atoms with E-state index in [4.69, 9.17) is 0 Å². The molecule has 70 valence electrons. The van der Waals surface area contributed by atoms with Crippen LogP contribution < -0.4 is 0 Å². The molecule has 0 saturated carbocycles. The summed E-state index contributed by atoms with van der Waals surface area (Å²) in [5.74, 6) is 1.21. The van der Waals surface area contributed by atoms with Crippen LogP contribution in [0.4, 0.5) is 0 Å². The molecule has 1 N–H and O–H groups in total. The summed E-state index contributed by atoms with van der Waals surface area (Å²) in [7, 11) is 0. The Morgan fingerprint density at radius 2 is 2.23 bits per heavy atom. The number of aromatic hydroxyl groups is 1. The molecule has 1 heterocycles. The van der Waals surface area contributed by atoms with Crippen molar-refractivity contribution in [2.45, 2.75) is 13.5 Å². The number of phenols is 1. The van der Waals surface area contributed by atoms with Crippen molar-refractivity contribution < 1.29 is 5.11 Å². The molecular weight excluding hydrogens is 162 g/mol. The first-order chi connectivity index (χ1) is 6.24. The highest BCUT2D eigenvalue weighted by atomic mass is 16.3. The van der Waals surface area contributed by atoms with Crippen LogP contribution in [0.5, 0.6) is 5.75 Å². The molecule has 13 heavy (non-hydrogen) atoms. The summed E-state index contributed by atoms with van der Waals surface area (Å²) >= 11 is 0. The van der Waals surface area contributed by atoms with E-state index in [1.54, 1.807) is 6.07 Å². The van der Waals surface area contributed by atoms with Gasteiger partial charge in [0, 0.05) is 19.6 Å². The van der Waals surface area contributed by atoms with E-state index in [9.17, 15) is 5.11 Å². The van der Waals surface area contributed by atoms with Gasteiger partial charge in [-0.2, -0.15) is 0 Å². The van der Waals surface area contributed by atoms with Crippen molar-refractivity contribution in [1.29, 1.82) is 0 Å². The van der Waals surface area contributed by atoms with Gasteiger partial charge < -0.3 is 5.11 Å². The summed E-state index contributed by atoms with van der Waals surface area (Å²) in [6, 6.07) is 7.50. The lowest BCUT2D eigenvalue weighted by Crippen LogP contribution is -2.44. The van der Waals surface area contributed by atoms with Crippen LogP contribution >= 0.6 is 0 Å². The zero-order valence-corrected chi connectivity index (χ0v) is 7.90. The molecule has 1 aromatic rings. The van der Waals surface area contributed by atoms with Gasteiger partial charge in [-0.3, -0.25) is 4.90 Å². The van der Waals surface area contributed by atoms with Gasteiger partial charge in [-0.1, -0.05) is 19.1 Å². The van der Waals surface area contributed by atoms with Crippen LogP contribution in [0.25, 0.3) is 0 Å². The Balaban J connectivity index is 1.94. The minimum absolute atomic E-state index is 0.367. The third-order valence-corrected chi connectivity index (χ3v) is 2.46. The van der Waals surface area contributed by atoms with Gasteiger partial charge in [0.15, 0.2) is 0 Å². The Kier molecular flexibility index (Phi) is 2.23. The van der Waals surface area contributed by atoms with Crippen molar-refractivity contribution >= 4 is 0 Å². The average Bonchev–Trinajstić information content (AvgIpc) is 2.01. The molecule has 0 atom stereocenters. The second-order valence-electron chi connectivity index (χ2n) is 3.97. The van der Waals surface area contributed by atoms with Gasteiger partial charge in [0.1, 0.15) is 5.75 Å². The molecule has 2 nitrogen and oxygen atoms in total. The fraction of sp³-hybridized carbons (Fsp3) is 0.455. The maximum atomic E-state index is 9.25. The molecule has 0 radical (unpaired) electrons. The number of nitrogens with zero attached hydrogens (tertiary/aromatic N) is 1. The molecule has 0 aliphatic carbocycles. The molecular formula is C11H15NO. The zero-order valence-electron chi connectivity index (χ0n) is 7.90. The first kappa shape index (κ1) is 8.57. The van der Waals surface area contributed by atoms with Crippen molar-refractivity contribution in [3.8, 4) is 5.75 Å². The van der Waals surface area contributed by atoms with Crippen LogP contribution in [0, 0.1) is 5.92 Å². The maximum absolute atomic E-state index is 9.25. The fourth-order valence-corrected chi connectivity index (χ4v) is 1.87. The minimum atomic E-state index is 0.367. The molecule has 1 aliphatic heterocycles. The lowest BCUT2D eigenvalue weighted by molar-refractivity contribution is 0.105. The molecule has 0 spiro atoms. The number of hydrogen-bond acceptors (Lipinski definition) is 2. The Labute approximate surface area is 78.8 Å². The van der Waals surface area contributed by atoms with Gasteiger partial charge in [0.25, 0.3) is 0 Å². The van der Waals surface area contributed by atoms with Gasteiger partial charge in [0.05, 0.1) is 0 Å².